The average molecular weight is 280 g/mol. The van der Waals surface area contributed by atoms with E-state index >= 15 is 0 Å². The molecule has 0 aromatic heterocycles. The van der Waals surface area contributed by atoms with Crippen LogP contribution in [-0.4, -0.2) is 29.9 Å². The molecule has 0 aromatic carbocycles. The van der Waals surface area contributed by atoms with Crippen LogP contribution < -0.4 is 10.6 Å². The van der Waals surface area contributed by atoms with Crippen molar-refractivity contribution in [2.24, 2.45) is 5.92 Å². The van der Waals surface area contributed by atoms with Crippen LogP contribution in [0.25, 0.3) is 0 Å². The maximum Gasteiger partial charge on any atom is 0.391 e. The van der Waals surface area contributed by atoms with E-state index in [1.807, 2.05) is 0 Å². The summed E-state index contributed by atoms with van der Waals surface area (Å²) in [4.78, 5) is 11.4. The Morgan fingerprint density at radius 3 is 2.74 bits per heavy atom. The fourth-order valence-electron chi connectivity index (χ4n) is 2.20. The summed E-state index contributed by atoms with van der Waals surface area (Å²) >= 11 is 0. The van der Waals surface area contributed by atoms with Gasteiger partial charge in [-0.1, -0.05) is 6.42 Å². The third-order valence-electron chi connectivity index (χ3n) is 3.17. The summed E-state index contributed by atoms with van der Waals surface area (Å²) in [5, 5.41) is 13.5. The van der Waals surface area contributed by atoms with Crippen LogP contribution >= 0.6 is 0 Å². The number of nitrogens with one attached hydrogen (secondary N) is 2. The first-order valence-corrected chi connectivity index (χ1v) is 6.33. The van der Waals surface area contributed by atoms with Gasteiger partial charge in [-0.25, -0.2) is 4.79 Å². The number of rotatable bonds is 4. The second kappa shape index (κ2) is 7.25. The molecule has 0 radical (unpaired) electrons. The Hall–Kier alpha value is -1.40. The number of hydrogen-bond acceptors (Lipinski definition) is 2. The van der Waals surface area contributed by atoms with Crippen LogP contribution in [0.2, 0.25) is 0 Å². The van der Waals surface area contributed by atoms with E-state index in [2.05, 4.69) is 10.6 Å². The molecule has 2 atom stereocenters. The highest BCUT2D eigenvalue weighted by atomic mass is 19.4. The van der Waals surface area contributed by atoms with Crippen molar-refractivity contribution in [3.05, 3.63) is 12.3 Å². The minimum absolute atomic E-state index is 0.0482. The molecule has 3 N–H and O–H groups in total. The molecule has 7 heteroatoms. The van der Waals surface area contributed by atoms with E-state index < -0.39 is 24.2 Å². The van der Waals surface area contributed by atoms with Crippen LogP contribution in [0.5, 0.6) is 0 Å². The van der Waals surface area contributed by atoms with Gasteiger partial charge in [-0.05, 0) is 31.8 Å². The fourth-order valence-corrected chi connectivity index (χ4v) is 2.20. The van der Waals surface area contributed by atoms with Crippen molar-refractivity contribution in [1.82, 2.24) is 10.6 Å². The third kappa shape index (κ3) is 5.85. The normalized spacial score (nSPS) is 24.4. The molecule has 0 aliphatic heterocycles. The number of halogens is 3. The SMILES string of the molecule is O=C(NCC/C=C/O)N[C@@H]1CCC[C@H](C(F)(F)F)C1. The number of alkyl halides is 3. The van der Waals surface area contributed by atoms with Gasteiger partial charge in [-0.2, -0.15) is 13.2 Å². The topological polar surface area (TPSA) is 61.4 Å². The van der Waals surface area contributed by atoms with Gasteiger partial charge in [0.25, 0.3) is 0 Å². The van der Waals surface area contributed by atoms with Crippen LogP contribution in [0.4, 0.5) is 18.0 Å². The second-order valence-electron chi connectivity index (χ2n) is 4.68. The monoisotopic (exact) mass is 280 g/mol. The number of aliphatic hydroxyl groups excluding tert-OH is 1. The van der Waals surface area contributed by atoms with Gasteiger partial charge in [-0.15, -0.1) is 0 Å². The standard InChI is InChI=1S/C12H19F3N2O2/c13-12(14,15)9-4-3-5-10(8-9)17-11(19)16-6-1-2-7-18/h2,7,9-10,18H,1,3-6,8H2,(H2,16,17,19)/b7-2+/t9-,10+/m0/s1. The summed E-state index contributed by atoms with van der Waals surface area (Å²) in [7, 11) is 0. The molecule has 1 aliphatic rings. The molecule has 0 unspecified atom stereocenters. The highest BCUT2D eigenvalue weighted by Crippen LogP contribution is 2.37. The first-order valence-electron chi connectivity index (χ1n) is 6.33. The van der Waals surface area contributed by atoms with E-state index in [-0.39, 0.29) is 12.8 Å². The van der Waals surface area contributed by atoms with E-state index in [9.17, 15) is 18.0 Å². The van der Waals surface area contributed by atoms with Gasteiger partial charge >= 0.3 is 12.2 Å². The molecule has 0 bridgehead atoms. The molecular formula is C12H19F3N2O2. The van der Waals surface area contributed by atoms with Gasteiger partial charge in [-0.3, -0.25) is 0 Å². The zero-order valence-electron chi connectivity index (χ0n) is 10.5. The zero-order chi connectivity index (χ0) is 14.3. The summed E-state index contributed by atoms with van der Waals surface area (Å²) in [6.07, 6.45) is -0.200. The van der Waals surface area contributed by atoms with Crippen LogP contribution in [0.3, 0.4) is 0 Å². The van der Waals surface area contributed by atoms with Crippen LogP contribution in [0, 0.1) is 5.92 Å². The first kappa shape index (κ1) is 15.7. The smallest absolute Gasteiger partial charge is 0.391 e. The molecule has 2 amide bonds. The van der Waals surface area contributed by atoms with E-state index in [1.54, 1.807) is 0 Å². The maximum absolute atomic E-state index is 12.6. The van der Waals surface area contributed by atoms with E-state index in [1.165, 1.54) is 6.08 Å². The molecule has 4 nitrogen and oxygen atoms in total. The van der Waals surface area contributed by atoms with Crippen molar-refractivity contribution >= 4 is 6.03 Å². The molecule has 0 spiro atoms. The van der Waals surface area contributed by atoms with Crippen molar-refractivity contribution < 1.29 is 23.1 Å². The molecule has 1 saturated carbocycles. The highest BCUT2D eigenvalue weighted by molar-refractivity contribution is 5.74. The Balaban J connectivity index is 2.30. The Morgan fingerprint density at radius 1 is 1.37 bits per heavy atom. The minimum atomic E-state index is -4.18. The molecular weight excluding hydrogens is 261 g/mol. The van der Waals surface area contributed by atoms with Gasteiger partial charge in [0.05, 0.1) is 12.2 Å². The van der Waals surface area contributed by atoms with Gasteiger partial charge in [0.2, 0.25) is 0 Å². The van der Waals surface area contributed by atoms with Gasteiger partial charge in [0, 0.05) is 12.6 Å². The largest absolute Gasteiger partial charge is 0.516 e. The number of aliphatic hydroxyl groups is 1. The van der Waals surface area contributed by atoms with Gasteiger partial charge in [0.1, 0.15) is 0 Å². The Labute approximate surface area is 110 Å². The lowest BCUT2D eigenvalue weighted by molar-refractivity contribution is -0.183. The summed E-state index contributed by atoms with van der Waals surface area (Å²) in [5.74, 6) is -1.32. The van der Waals surface area contributed by atoms with Crippen molar-refractivity contribution in [3.63, 3.8) is 0 Å². The average Bonchev–Trinajstić information content (AvgIpc) is 2.34. The lowest BCUT2D eigenvalue weighted by Crippen LogP contribution is -2.46. The molecule has 0 saturated heterocycles. The molecule has 1 fully saturated rings. The predicted octanol–water partition coefficient (Wildman–Crippen LogP) is 2.87. The number of carbonyl (C=O) groups excluding carboxylic acids is 1. The quantitative estimate of drug-likeness (QED) is 0.548. The molecule has 0 aromatic rings. The number of hydrogen-bond donors (Lipinski definition) is 3. The Morgan fingerprint density at radius 2 is 2.11 bits per heavy atom. The van der Waals surface area contributed by atoms with E-state index in [0.29, 0.717) is 25.8 Å². The third-order valence-corrected chi connectivity index (χ3v) is 3.17. The minimum Gasteiger partial charge on any atom is -0.516 e. The van der Waals surface area contributed by atoms with Crippen LogP contribution in [0.15, 0.2) is 12.3 Å². The number of urea groups is 1. The molecule has 110 valence electrons. The molecule has 1 aliphatic carbocycles. The van der Waals surface area contributed by atoms with Crippen LogP contribution in [0.1, 0.15) is 32.1 Å². The lowest BCUT2D eigenvalue weighted by atomic mass is 9.85. The van der Waals surface area contributed by atoms with Gasteiger partial charge in [0.15, 0.2) is 0 Å². The van der Waals surface area contributed by atoms with Crippen molar-refractivity contribution in [2.75, 3.05) is 6.54 Å². The summed E-state index contributed by atoms with van der Waals surface area (Å²) in [6, 6.07) is -0.882. The molecule has 19 heavy (non-hydrogen) atoms. The Bertz CT molecular complexity index is 319. The molecule has 1 rings (SSSR count). The summed E-state index contributed by atoms with van der Waals surface area (Å²) in [6.45, 7) is 0.332. The fraction of sp³-hybridized carbons (Fsp3) is 0.750. The summed E-state index contributed by atoms with van der Waals surface area (Å²) < 4.78 is 37.7. The van der Waals surface area contributed by atoms with Crippen molar-refractivity contribution in [1.29, 1.82) is 0 Å². The zero-order valence-corrected chi connectivity index (χ0v) is 10.5. The first-order chi connectivity index (χ1) is 8.93. The maximum atomic E-state index is 12.6. The summed E-state index contributed by atoms with van der Waals surface area (Å²) in [5.41, 5.74) is 0. The molecule has 0 heterocycles. The van der Waals surface area contributed by atoms with Crippen molar-refractivity contribution in [3.8, 4) is 0 Å². The Kier molecular flexibility index (Phi) is 5.98. The lowest BCUT2D eigenvalue weighted by Gasteiger charge is -2.30. The number of carbonyl (C=O) groups is 1. The predicted molar refractivity (Wildman–Crippen MR) is 64.7 cm³/mol. The highest BCUT2D eigenvalue weighted by Gasteiger charge is 2.42. The van der Waals surface area contributed by atoms with E-state index in [4.69, 9.17) is 5.11 Å². The van der Waals surface area contributed by atoms with E-state index in [0.717, 1.165) is 6.26 Å². The van der Waals surface area contributed by atoms with Crippen LogP contribution in [-0.2, 0) is 0 Å². The second-order valence-corrected chi connectivity index (χ2v) is 4.68. The number of amides is 2. The van der Waals surface area contributed by atoms with Gasteiger partial charge < -0.3 is 15.7 Å². The van der Waals surface area contributed by atoms with Crippen molar-refractivity contribution in [2.45, 2.75) is 44.3 Å².